The van der Waals surface area contributed by atoms with E-state index in [2.05, 4.69) is 34.7 Å². The molecule has 4 amide bonds. The van der Waals surface area contributed by atoms with Gasteiger partial charge in [-0.2, -0.15) is 5.10 Å². The first-order valence-corrected chi connectivity index (χ1v) is 21.6. The van der Waals surface area contributed by atoms with Crippen LogP contribution in [-0.4, -0.2) is 116 Å². The Kier molecular flexibility index (Phi) is 10.4. The Morgan fingerprint density at radius 1 is 0.721 bits per heavy atom. The lowest BCUT2D eigenvalue weighted by Crippen LogP contribution is -2.54. The summed E-state index contributed by atoms with van der Waals surface area (Å²) in [5, 5.41) is 8.18. The number of ether oxygens (including phenoxy) is 1. The van der Waals surface area contributed by atoms with E-state index in [9.17, 15) is 19.2 Å². The van der Waals surface area contributed by atoms with Crippen LogP contribution in [0.3, 0.4) is 0 Å². The largest absolute Gasteiger partial charge is 0.457 e. The first-order valence-electron chi connectivity index (χ1n) is 21.6. The Balaban J connectivity index is 0.701. The van der Waals surface area contributed by atoms with Crippen LogP contribution >= 0.6 is 0 Å². The molecule has 0 bridgehead atoms. The first-order chi connectivity index (χ1) is 29.8. The van der Waals surface area contributed by atoms with Gasteiger partial charge in [-0.3, -0.25) is 29.4 Å². The molecule has 3 N–H and O–H groups in total. The molecule has 15 heteroatoms. The topological polar surface area (TPSA) is 172 Å². The number of aromatic nitrogens is 4. The van der Waals surface area contributed by atoms with Gasteiger partial charge < -0.3 is 25.2 Å². The number of fused-ring (bicyclic) bond motifs is 2. The number of nitrogens with one attached hydrogen (secondary N) is 1. The first kappa shape index (κ1) is 39.0. The van der Waals surface area contributed by atoms with Gasteiger partial charge in [0.05, 0.1) is 22.6 Å². The Hall–Kier alpha value is -6.19. The van der Waals surface area contributed by atoms with Crippen molar-refractivity contribution in [3.05, 3.63) is 90.3 Å². The van der Waals surface area contributed by atoms with Gasteiger partial charge in [0.2, 0.25) is 11.8 Å². The number of carbonyl (C=O) groups excluding carboxylic acids is 4. The lowest BCUT2D eigenvalue weighted by atomic mass is 9.95. The number of nitrogens with two attached hydrogens (primary N) is 1. The molecule has 0 spiro atoms. The lowest BCUT2D eigenvalue weighted by Gasteiger charge is -2.36. The maximum atomic E-state index is 13.4. The van der Waals surface area contributed by atoms with Crippen LogP contribution in [-0.2, 0) is 9.59 Å². The van der Waals surface area contributed by atoms with Crippen molar-refractivity contribution in [3.63, 3.8) is 0 Å². The Morgan fingerprint density at radius 3 is 2.20 bits per heavy atom. The van der Waals surface area contributed by atoms with Crippen LogP contribution in [0.15, 0.2) is 79.1 Å². The molecule has 2 aromatic heterocycles. The fraction of sp³-hybridized carbons (Fsp3) is 0.413. The summed E-state index contributed by atoms with van der Waals surface area (Å²) in [5.41, 5.74) is 10.5. The van der Waals surface area contributed by atoms with E-state index in [0.717, 1.165) is 122 Å². The molecule has 1 unspecified atom stereocenters. The molecule has 4 saturated heterocycles. The summed E-state index contributed by atoms with van der Waals surface area (Å²) in [6, 6.07) is 22.4. The van der Waals surface area contributed by atoms with Crippen LogP contribution < -0.4 is 20.7 Å². The number of hydrogen-bond acceptors (Lipinski definition) is 12. The number of nitrogens with zero attached hydrogens (tertiary/aromatic N) is 8. The quantitative estimate of drug-likeness (QED) is 0.178. The van der Waals surface area contributed by atoms with Gasteiger partial charge in [0, 0.05) is 63.5 Å². The molecule has 5 aromatic rings. The fourth-order valence-corrected chi connectivity index (χ4v) is 10.1. The number of likely N-dealkylation sites (tertiary alicyclic amines) is 2. The normalized spacial score (nSPS) is 22.0. The van der Waals surface area contributed by atoms with E-state index in [1.165, 1.54) is 12.7 Å². The molecule has 0 aliphatic carbocycles. The van der Waals surface area contributed by atoms with Crippen molar-refractivity contribution in [1.82, 2.24) is 39.8 Å². The molecule has 61 heavy (non-hydrogen) atoms. The predicted molar refractivity (Wildman–Crippen MR) is 229 cm³/mol. The van der Waals surface area contributed by atoms with Crippen LogP contribution in [0, 0.1) is 11.8 Å². The predicted octanol–water partition coefficient (Wildman–Crippen LogP) is 5.14. The van der Waals surface area contributed by atoms with E-state index in [4.69, 9.17) is 15.6 Å². The number of carbonyl (C=O) groups is 4. The minimum Gasteiger partial charge on any atom is -0.457 e. The number of piperidine rings is 3. The molecule has 314 valence electrons. The second-order valence-corrected chi connectivity index (χ2v) is 17.2. The molecule has 0 saturated carbocycles. The Labute approximate surface area is 353 Å². The third kappa shape index (κ3) is 7.72. The molecular formula is C46H50N10O5. The summed E-state index contributed by atoms with van der Waals surface area (Å²) < 4.78 is 8.10. The molecule has 3 aromatic carbocycles. The van der Waals surface area contributed by atoms with Gasteiger partial charge >= 0.3 is 0 Å². The number of imide groups is 2. The molecule has 7 heterocycles. The average Bonchev–Trinajstić information content (AvgIpc) is 3.96. The van der Waals surface area contributed by atoms with Crippen molar-refractivity contribution in [3.8, 4) is 22.8 Å². The highest BCUT2D eigenvalue weighted by molar-refractivity contribution is 6.23. The molecule has 15 nitrogen and oxygen atoms in total. The number of rotatable bonds is 10. The summed E-state index contributed by atoms with van der Waals surface area (Å²) in [7, 11) is 0. The molecule has 5 aliphatic heterocycles. The van der Waals surface area contributed by atoms with Crippen molar-refractivity contribution < 1.29 is 23.9 Å². The molecule has 4 fully saturated rings. The second kappa shape index (κ2) is 16.3. The van der Waals surface area contributed by atoms with Crippen molar-refractivity contribution in [2.24, 2.45) is 11.8 Å². The van der Waals surface area contributed by atoms with Gasteiger partial charge in [0.15, 0.2) is 5.65 Å². The minimum absolute atomic E-state index is 0.103. The highest BCUT2D eigenvalue weighted by atomic mass is 16.5. The lowest BCUT2D eigenvalue weighted by molar-refractivity contribution is -0.136. The van der Waals surface area contributed by atoms with Crippen molar-refractivity contribution in [1.29, 1.82) is 0 Å². The van der Waals surface area contributed by atoms with Gasteiger partial charge in [-0.25, -0.2) is 14.6 Å². The minimum atomic E-state index is -0.959. The van der Waals surface area contributed by atoms with Crippen LogP contribution in [0.4, 0.5) is 11.5 Å². The molecule has 0 radical (unpaired) electrons. The van der Waals surface area contributed by atoms with E-state index in [-0.39, 0.29) is 24.8 Å². The highest BCUT2D eigenvalue weighted by Crippen LogP contribution is 2.37. The van der Waals surface area contributed by atoms with E-state index in [1.807, 2.05) is 60.7 Å². The van der Waals surface area contributed by atoms with Crippen LogP contribution in [0.5, 0.6) is 11.5 Å². The van der Waals surface area contributed by atoms with Gasteiger partial charge in [0.25, 0.3) is 11.8 Å². The standard InChI is InChI=1S/C46H50N10O5/c47-42-40-41(31-6-9-35(10-7-31)61-34-4-2-1-3-5-34)51-56(43(40)49-28-48-42)32-17-20-52(21-18-32)26-30-14-19-53(27-30)25-29-15-22-54(23-16-29)33-8-11-36-37(24-33)46(60)55(45(36)59)38-12-13-39(57)50-44(38)58/h1-11,24,28-30,32,38H,12-23,25-27H2,(H2,47,48,49)(H,50,57,58)/t30-,38?/m1/s1. The summed E-state index contributed by atoms with van der Waals surface area (Å²) in [6.07, 6.45) is 7.11. The molecule has 10 rings (SSSR count). The van der Waals surface area contributed by atoms with Gasteiger partial charge in [-0.15, -0.1) is 0 Å². The third-order valence-corrected chi connectivity index (χ3v) is 13.3. The van der Waals surface area contributed by atoms with Crippen LogP contribution in [0.1, 0.15) is 71.7 Å². The maximum Gasteiger partial charge on any atom is 0.262 e. The molecule has 5 aliphatic rings. The van der Waals surface area contributed by atoms with Crippen molar-refractivity contribution in [2.75, 3.05) is 63.0 Å². The molecular weight excluding hydrogens is 773 g/mol. The Bertz CT molecular complexity index is 2480. The number of amides is 4. The zero-order valence-corrected chi connectivity index (χ0v) is 34.1. The SMILES string of the molecule is Nc1ncnc2c1c(-c1ccc(Oc3ccccc3)cc1)nn2C1CCN(C[C@H]2CCN(CC3CCN(c4ccc5c(c4)C(=O)N(C4CCC(=O)NC4=O)C5=O)CC3)C2)CC1. The second-order valence-electron chi connectivity index (χ2n) is 17.2. The zero-order valence-electron chi connectivity index (χ0n) is 34.1. The van der Waals surface area contributed by atoms with Crippen molar-refractivity contribution in [2.45, 2.75) is 57.0 Å². The number of para-hydroxylation sites is 1. The fourth-order valence-electron chi connectivity index (χ4n) is 10.1. The average molecular weight is 823 g/mol. The van der Waals surface area contributed by atoms with E-state index in [0.29, 0.717) is 28.8 Å². The monoisotopic (exact) mass is 822 g/mol. The van der Waals surface area contributed by atoms with Crippen LogP contribution in [0.2, 0.25) is 0 Å². The smallest absolute Gasteiger partial charge is 0.262 e. The van der Waals surface area contributed by atoms with E-state index >= 15 is 0 Å². The highest BCUT2D eigenvalue weighted by Gasteiger charge is 2.45. The maximum absolute atomic E-state index is 13.4. The van der Waals surface area contributed by atoms with Crippen LogP contribution in [0.25, 0.3) is 22.3 Å². The third-order valence-electron chi connectivity index (χ3n) is 13.3. The summed E-state index contributed by atoms with van der Waals surface area (Å²) in [4.78, 5) is 68.3. The van der Waals surface area contributed by atoms with E-state index < -0.39 is 23.8 Å². The summed E-state index contributed by atoms with van der Waals surface area (Å²) in [6.45, 7) is 8.27. The number of benzene rings is 3. The number of nitrogen functional groups attached to an aromatic ring is 1. The molecule has 2 atom stereocenters. The van der Waals surface area contributed by atoms with Gasteiger partial charge in [-0.05, 0) is 112 Å². The number of hydrogen-bond donors (Lipinski definition) is 2. The summed E-state index contributed by atoms with van der Waals surface area (Å²) in [5.74, 6) is 1.32. The van der Waals surface area contributed by atoms with Crippen molar-refractivity contribution >= 4 is 46.2 Å². The van der Waals surface area contributed by atoms with E-state index in [1.54, 1.807) is 12.1 Å². The summed E-state index contributed by atoms with van der Waals surface area (Å²) >= 11 is 0. The van der Waals surface area contributed by atoms with Gasteiger partial charge in [0.1, 0.15) is 35.4 Å². The zero-order chi connectivity index (χ0) is 41.6. The Morgan fingerprint density at radius 2 is 1.43 bits per heavy atom. The number of anilines is 2. The van der Waals surface area contributed by atoms with Gasteiger partial charge in [-0.1, -0.05) is 18.2 Å².